The van der Waals surface area contributed by atoms with Gasteiger partial charge in [0.05, 0.1) is 0 Å². The summed E-state index contributed by atoms with van der Waals surface area (Å²) in [7, 11) is 0. The van der Waals surface area contributed by atoms with Crippen molar-refractivity contribution < 1.29 is 0 Å². The zero-order chi connectivity index (χ0) is 9.97. The molecule has 2 rings (SSSR count). The Hall–Kier alpha value is -0.0600. The van der Waals surface area contributed by atoms with Crippen LogP contribution in [0.4, 0.5) is 0 Å². The lowest BCUT2D eigenvalue weighted by Crippen LogP contribution is -2.04. The van der Waals surface area contributed by atoms with Gasteiger partial charge < -0.3 is 0 Å². The first-order valence-electron chi connectivity index (χ1n) is 5.45. The fourth-order valence-corrected chi connectivity index (χ4v) is 2.64. The van der Waals surface area contributed by atoms with Gasteiger partial charge >= 0.3 is 0 Å². The minimum Gasteiger partial charge on any atom is -0.271 e. The van der Waals surface area contributed by atoms with Crippen molar-refractivity contribution in [1.82, 2.24) is 9.78 Å². The Morgan fingerprint density at radius 2 is 2.21 bits per heavy atom. The van der Waals surface area contributed by atoms with Crippen LogP contribution in [0.15, 0.2) is 6.20 Å². The molecule has 1 saturated carbocycles. The zero-order valence-electron chi connectivity index (χ0n) is 8.67. The van der Waals surface area contributed by atoms with Crippen LogP contribution < -0.4 is 0 Å². The van der Waals surface area contributed by atoms with Crippen molar-refractivity contribution in [3.05, 3.63) is 15.5 Å². The number of hydrogen-bond acceptors (Lipinski definition) is 1. The summed E-state index contributed by atoms with van der Waals surface area (Å²) in [5, 5.41) is 4.47. The van der Waals surface area contributed by atoms with Crippen molar-refractivity contribution in [1.29, 1.82) is 0 Å². The molecule has 14 heavy (non-hydrogen) atoms. The van der Waals surface area contributed by atoms with Gasteiger partial charge in [-0.05, 0) is 41.9 Å². The average Bonchev–Trinajstić information content (AvgIpc) is 2.74. The van der Waals surface area contributed by atoms with E-state index in [0.717, 1.165) is 16.2 Å². The first kappa shape index (κ1) is 10.5. The van der Waals surface area contributed by atoms with Crippen LogP contribution in [0.5, 0.6) is 0 Å². The lowest BCUT2D eigenvalue weighted by atomic mass is 10.0. The Morgan fingerprint density at radius 3 is 2.79 bits per heavy atom. The second-order valence-corrected chi connectivity index (χ2v) is 5.33. The highest BCUT2D eigenvalue weighted by Gasteiger charge is 2.14. The van der Waals surface area contributed by atoms with Gasteiger partial charge in [-0.1, -0.05) is 25.7 Å². The summed E-state index contributed by atoms with van der Waals surface area (Å²) in [6.07, 6.45) is 9.25. The number of aromatic nitrogens is 2. The van der Waals surface area contributed by atoms with E-state index < -0.39 is 0 Å². The number of aryl methyl sites for hydroxylation is 2. The van der Waals surface area contributed by atoms with Crippen LogP contribution in [0, 0.1) is 16.5 Å². The van der Waals surface area contributed by atoms with Crippen molar-refractivity contribution in [2.45, 2.75) is 45.6 Å². The van der Waals surface area contributed by atoms with Crippen molar-refractivity contribution in [2.24, 2.45) is 5.92 Å². The quantitative estimate of drug-likeness (QED) is 0.783. The van der Waals surface area contributed by atoms with E-state index in [1.165, 1.54) is 37.7 Å². The van der Waals surface area contributed by atoms with E-state index in [0.29, 0.717) is 0 Å². The van der Waals surface area contributed by atoms with Gasteiger partial charge in [-0.2, -0.15) is 5.10 Å². The summed E-state index contributed by atoms with van der Waals surface area (Å²) >= 11 is 2.30. The lowest BCUT2D eigenvalue weighted by Gasteiger charge is -2.07. The van der Waals surface area contributed by atoms with Gasteiger partial charge in [0, 0.05) is 18.3 Å². The van der Waals surface area contributed by atoms with E-state index in [4.69, 9.17) is 0 Å². The van der Waals surface area contributed by atoms with Crippen LogP contribution in [0.3, 0.4) is 0 Å². The third kappa shape index (κ3) is 2.49. The largest absolute Gasteiger partial charge is 0.271 e. The molecule has 1 aromatic rings. The lowest BCUT2D eigenvalue weighted by molar-refractivity contribution is 0.439. The molecular formula is C11H17IN2. The topological polar surface area (TPSA) is 17.8 Å². The summed E-state index contributed by atoms with van der Waals surface area (Å²) in [6.45, 7) is 3.23. The molecule has 0 bridgehead atoms. The maximum atomic E-state index is 4.47. The second kappa shape index (κ2) is 4.64. The second-order valence-electron chi connectivity index (χ2n) is 4.31. The third-order valence-electron chi connectivity index (χ3n) is 3.13. The molecular weight excluding hydrogens is 287 g/mol. The Balaban J connectivity index is 1.85. The van der Waals surface area contributed by atoms with Gasteiger partial charge in [0.1, 0.15) is 3.70 Å². The van der Waals surface area contributed by atoms with E-state index in [2.05, 4.69) is 45.5 Å². The van der Waals surface area contributed by atoms with Crippen molar-refractivity contribution >= 4 is 22.6 Å². The van der Waals surface area contributed by atoms with Crippen LogP contribution in [-0.2, 0) is 6.54 Å². The van der Waals surface area contributed by atoms with E-state index >= 15 is 0 Å². The molecule has 78 valence electrons. The minimum atomic E-state index is 0.970. The summed E-state index contributed by atoms with van der Waals surface area (Å²) in [4.78, 5) is 0. The molecule has 3 heteroatoms. The fraction of sp³-hybridized carbons (Fsp3) is 0.727. The molecule has 0 aliphatic heterocycles. The average molecular weight is 304 g/mol. The smallest absolute Gasteiger partial charge is 0.126 e. The Kier molecular flexibility index (Phi) is 3.47. The number of nitrogens with zero attached hydrogens (tertiary/aromatic N) is 2. The van der Waals surface area contributed by atoms with Crippen molar-refractivity contribution in [2.75, 3.05) is 0 Å². The van der Waals surface area contributed by atoms with Crippen LogP contribution in [-0.4, -0.2) is 9.78 Å². The number of halogens is 1. The molecule has 1 aromatic heterocycles. The zero-order valence-corrected chi connectivity index (χ0v) is 10.8. The molecule has 1 heterocycles. The predicted molar refractivity (Wildman–Crippen MR) is 66.3 cm³/mol. The molecule has 1 fully saturated rings. The molecule has 0 radical (unpaired) electrons. The van der Waals surface area contributed by atoms with Gasteiger partial charge in [-0.15, -0.1) is 0 Å². The van der Waals surface area contributed by atoms with Gasteiger partial charge in [0.25, 0.3) is 0 Å². The SMILES string of the molecule is Cc1cn(CCC2CCCC2)nc1I. The Labute approximate surface area is 99.2 Å². The molecule has 0 saturated heterocycles. The van der Waals surface area contributed by atoms with Gasteiger partial charge in [0.15, 0.2) is 0 Å². The summed E-state index contributed by atoms with van der Waals surface area (Å²) in [5.74, 6) is 0.970. The van der Waals surface area contributed by atoms with Crippen LogP contribution in [0.25, 0.3) is 0 Å². The van der Waals surface area contributed by atoms with E-state index in [9.17, 15) is 0 Å². The summed E-state index contributed by atoms with van der Waals surface area (Å²) in [6, 6.07) is 0. The highest BCUT2D eigenvalue weighted by Crippen LogP contribution is 2.27. The maximum Gasteiger partial charge on any atom is 0.126 e. The predicted octanol–water partition coefficient (Wildman–Crippen LogP) is 3.38. The monoisotopic (exact) mass is 304 g/mol. The van der Waals surface area contributed by atoms with Crippen LogP contribution in [0.2, 0.25) is 0 Å². The van der Waals surface area contributed by atoms with Gasteiger partial charge in [-0.3, -0.25) is 4.68 Å². The fourth-order valence-electron chi connectivity index (χ4n) is 2.23. The normalized spacial score (nSPS) is 17.9. The Bertz CT molecular complexity index is 281. The number of hydrogen-bond donors (Lipinski definition) is 0. The maximum absolute atomic E-state index is 4.47. The van der Waals surface area contributed by atoms with Crippen molar-refractivity contribution in [3.63, 3.8) is 0 Å². The molecule has 0 spiro atoms. The molecule has 0 aromatic carbocycles. The first-order valence-corrected chi connectivity index (χ1v) is 6.53. The van der Waals surface area contributed by atoms with Crippen LogP contribution in [0.1, 0.15) is 37.7 Å². The van der Waals surface area contributed by atoms with Gasteiger partial charge in [0.2, 0.25) is 0 Å². The van der Waals surface area contributed by atoms with E-state index in [1.807, 2.05) is 0 Å². The molecule has 1 aliphatic carbocycles. The number of rotatable bonds is 3. The first-order chi connectivity index (χ1) is 6.75. The molecule has 2 nitrogen and oxygen atoms in total. The summed E-state index contributed by atoms with van der Waals surface area (Å²) in [5.41, 5.74) is 1.30. The third-order valence-corrected chi connectivity index (χ3v) is 4.19. The van der Waals surface area contributed by atoms with Crippen LogP contribution >= 0.6 is 22.6 Å². The summed E-state index contributed by atoms with van der Waals surface area (Å²) < 4.78 is 3.25. The Morgan fingerprint density at radius 1 is 1.50 bits per heavy atom. The molecule has 0 unspecified atom stereocenters. The van der Waals surface area contributed by atoms with E-state index in [1.54, 1.807) is 0 Å². The minimum absolute atomic E-state index is 0.970. The van der Waals surface area contributed by atoms with E-state index in [-0.39, 0.29) is 0 Å². The molecule has 0 N–H and O–H groups in total. The van der Waals surface area contributed by atoms with Gasteiger partial charge in [-0.25, -0.2) is 0 Å². The molecule has 0 amide bonds. The highest BCUT2D eigenvalue weighted by atomic mass is 127. The van der Waals surface area contributed by atoms with Crippen molar-refractivity contribution in [3.8, 4) is 0 Å². The standard InChI is InChI=1S/C11H17IN2/c1-9-8-14(13-11(9)12)7-6-10-4-2-3-5-10/h8,10H,2-7H2,1H3. The molecule has 1 aliphatic rings. The molecule has 0 atom stereocenters. The highest BCUT2D eigenvalue weighted by molar-refractivity contribution is 14.1.